The van der Waals surface area contributed by atoms with E-state index < -0.39 is 40.4 Å². The van der Waals surface area contributed by atoms with Crippen molar-refractivity contribution in [1.82, 2.24) is 4.98 Å². The number of hydrogen-bond acceptors (Lipinski definition) is 3. The smallest absolute Gasteiger partial charge is 0.426 e. The van der Waals surface area contributed by atoms with Gasteiger partial charge in [-0.2, -0.15) is 17.6 Å². The lowest BCUT2D eigenvalue weighted by Gasteiger charge is -2.05. The summed E-state index contributed by atoms with van der Waals surface area (Å²) in [5.74, 6) is -2.76. The first-order valence-corrected chi connectivity index (χ1v) is 7.14. The highest BCUT2D eigenvalue weighted by Gasteiger charge is 2.62. The molecule has 1 aliphatic carbocycles. The van der Waals surface area contributed by atoms with Gasteiger partial charge in [-0.1, -0.05) is 37.6 Å². The number of pyridine rings is 1. The summed E-state index contributed by atoms with van der Waals surface area (Å²) in [6.45, 7) is 3.06. The highest BCUT2D eigenvalue weighted by atomic mass is 35.5. The van der Waals surface area contributed by atoms with Crippen molar-refractivity contribution in [2.24, 2.45) is 17.3 Å². The first kappa shape index (κ1) is 17.7. The first-order chi connectivity index (χ1) is 10.5. The third-order valence-corrected chi connectivity index (χ3v) is 4.24. The molecule has 1 aromatic rings. The number of carbonyl (C=O) groups is 1. The molecule has 0 radical (unpaired) electrons. The van der Waals surface area contributed by atoms with Gasteiger partial charge in [0.25, 0.3) is 0 Å². The van der Waals surface area contributed by atoms with E-state index in [1.54, 1.807) is 13.8 Å². The third-order valence-electron chi connectivity index (χ3n) is 3.90. The average molecular weight is 352 g/mol. The molecule has 1 fully saturated rings. The minimum atomic E-state index is -4.64. The summed E-state index contributed by atoms with van der Waals surface area (Å²) < 4.78 is 55.3. The lowest BCUT2D eigenvalue weighted by molar-refractivity contribution is -0.147. The molecule has 23 heavy (non-hydrogen) atoms. The van der Waals surface area contributed by atoms with Gasteiger partial charge in [-0.05, 0) is 23.5 Å². The molecule has 0 amide bonds. The van der Waals surface area contributed by atoms with Crippen LogP contribution in [0.1, 0.15) is 19.5 Å². The monoisotopic (exact) mass is 351 g/mol. The fourth-order valence-corrected chi connectivity index (χ4v) is 2.59. The standard InChI is InChI=1S/C15H14ClF4NO2/c1-14(2)9(6-10(16)15(18,19)20)12(14)13(22)23-7-8-4-3-5-11(17)21-8/h3-6,9,12H,7H2,1-2H3. The summed E-state index contributed by atoms with van der Waals surface area (Å²) >= 11 is 5.21. The summed E-state index contributed by atoms with van der Waals surface area (Å²) in [5.41, 5.74) is -0.463. The third kappa shape index (κ3) is 4.02. The largest absolute Gasteiger partial charge is 0.459 e. The molecule has 2 unspecified atom stereocenters. The quantitative estimate of drug-likeness (QED) is 0.463. The molecular weight excluding hydrogens is 338 g/mol. The van der Waals surface area contributed by atoms with Crippen molar-refractivity contribution in [2.75, 3.05) is 0 Å². The zero-order valence-electron chi connectivity index (χ0n) is 12.3. The molecule has 0 bridgehead atoms. The van der Waals surface area contributed by atoms with Gasteiger partial charge in [-0.25, -0.2) is 4.98 Å². The Labute approximate surface area is 135 Å². The predicted octanol–water partition coefficient (Wildman–Crippen LogP) is 4.22. The number of ether oxygens (including phenoxy) is 1. The van der Waals surface area contributed by atoms with Crippen LogP contribution in [0.25, 0.3) is 0 Å². The van der Waals surface area contributed by atoms with E-state index in [-0.39, 0.29) is 12.3 Å². The van der Waals surface area contributed by atoms with E-state index in [0.29, 0.717) is 0 Å². The molecule has 0 saturated heterocycles. The fourth-order valence-electron chi connectivity index (χ4n) is 2.46. The van der Waals surface area contributed by atoms with Crippen LogP contribution in [0.3, 0.4) is 0 Å². The highest BCUT2D eigenvalue weighted by molar-refractivity contribution is 6.30. The van der Waals surface area contributed by atoms with Crippen LogP contribution in [-0.4, -0.2) is 17.1 Å². The molecule has 0 aromatic carbocycles. The lowest BCUT2D eigenvalue weighted by Crippen LogP contribution is -2.11. The van der Waals surface area contributed by atoms with E-state index in [1.165, 1.54) is 12.1 Å². The number of esters is 1. The number of alkyl halides is 3. The zero-order valence-corrected chi connectivity index (χ0v) is 13.1. The normalized spacial score (nSPS) is 23.5. The van der Waals surface area contributed by atoms with E-state index >= 15 is 0 Å². The van der Waals surface area contributed by atoms with Crippen molar-refractivity contribution >= 4 is 17.6 Å². The minimum Gasteiger partial charge on any atom is -0.459 e. The molecule has 1 saturated carbocycles. The molecular formula is C15H14ClF4NO2. The SMILES string of the molecule is CC1(C)C(C=C(Cl)C(F)(F)F)C1C(=O)OCc1cccc(F)n1. The average Bonchev–Trinajstić information content (AvgIpc) is 2.96. The summed E-state index contributed by atoms with van der Waals surface area (Å²) in [6, 6.07) is 4.04. The van der Waals surface area contributed by atoms with Crippen LogP contribution in [0, 0.1) is 23.2 Å². The van der Waals surface area contributed by atoms with Crippen LogP contribution in [0.5, 0.6) is 0 Å². The Morgan fingerprint density at radius 3 is 2.65 bits per heavy atom. The summed E-state index contributed by atoms with van der Waals surface area (Å²) in [5, 5.41) is -1.25. The second-order valence-electron chi connectivity index (χ2n) is 5.90. The van der Waals surface area contributed by atoms with Gasteiger partial charge in [0.15, 0.2) is 0 Å². The van der Waals surface area contributed by atoms with E-state index in [4.69, 9.17) is 16.3 Å². The van der Waals surface area contributed by atoms with Crippen LogP contribution in [0.2, 0.25) is 0 Å². The number of rotatable bonds is 4. The number of carbonyl (C=O) groups excluding carboxylic acids is 1. The van der Waals surface area contributed by atoms with E-state index in [9.17, 15) is 22.4 Å². The molecule has 1 aromatic heterocycles. The molecule has 3 nitrogen and oxygen atoms in total. The summed E-state index contributed by atoms with van der Waals surface area (Å²) in [6.07, 6.45) is -3.80. The number of hydrogen-bond donors (Lipinski definition) is 0. The second-order valence-corrected chi connectivity index (χ2v) is 6.30. The van der Waals surface area contributed by atoms with Gasteiger partial charge in [-0.15, -0.1) is 0 Å². The molecule has 8 heteroatoms. The first-order valence-electron chi connectivity index (χ1n) is 6.76. The molecule has 1 aliphatic rings. The van der Waals surface area contributed by atoms with Gasteiger partial charge in [-0.3, -0.25) is 4.79 Å². The Kier molecular flexibility index (Phi) is 4.71. The Balaban J connectivity index is 2.00. The predicted molar refractivity (Wildman–Crippen MR) is 74.7 cm³/mol. The highest BCUT2D eigenvalue weighted by Crippen LogP contribution is 2.60. The van der Waals surface area contributed by atoms with Gasteiger partial charge >= 0.3 is 12.1 Å². The van der Waals surface area contributed by atoms with E-state index in [1.807, 2.05) is 0 Å². The summed E-state index contributed by atoms with van der Waals surface area (Å²) in [7, 11) is 0. The number of allylic oxidation sites excluding steroid dienone is 2. The molecule has 0 aliphatic heterocycles. The maximum Gasteiger partial charge on any atom is 0.426 e. The van der Waals surface area contributed by atoms with E-state index in [2.05, 4.69) is 4.98 Å². The fraction of sp³-hybridized carbons (Fsp3) is 0.467. The van der Waals surface area contributed by atoms with Crippen LogP contribution in [0.15, 0.2) is 29.3 Å². The topological polar surface area (TPSA) is 39.2 Å². The number of nitrogens with zero attached hydrogens (tertiary/aromatic N) is 1. The second kappa shape index (κ2) is 6.11. The van der Waals surface area contributed by atoms with Crippen LogP contribution < -0.4 is 0 Å². The van der Waals surface area contributed by atoms with Crippen molar-refractivity contribution in [2.45, 2.75) is 26.6 Å². The van der Waals surface area contributed by atoms with E-state index in [0.717, 1.165) is 12.1 Å². The van der Waals surface area contributed by atoms with Crippen molar-refractivity contribution < 1.29 is 27.1 Å². The van der Waals surface area contributed by atoms with Crippen molar-refractivity contribution in [1.29, 1.82) is 0 Å². The van der Waals surface area contributed by atoms with Gasteiger partial charge < -0.3 is 4.74 Å². The zero-order chi connectivity index (χ0) is 17.4. The minimum absolute atomic E-state index is 0.220. The summed E-state index contributed by atoms with van der Waals surface area (Å²) in [4.78, 5) is 15.6. The van der Waals surface area contributed by atoms with Gasteiger partial charge in [0.2, 0.25) is 5.95 Å². The van der Waals surface area contributed by atoms with Crippen molar-refractivity contribution in [3.63, 3.8) is 0 Å². The van der Waals surface area contributed by atoms with Gasteiger partial charge in [0.1, 0.15) is 11.6 Å². The van der Waals surface area contributed by atoms with Crippen molar-refractivity contribution in [3.05, 3.63) is 40.9 Å². The maximum atomic E-state index is 12.9. The Morgan fingerprint density at radius 1 is 1.43 bits per heavy atom. The molecule has 1 heterocycles. The van der Waals surface area contributed by atoms with Crippen LogP contribution >= 0.6 is 11.6 Å². The molecule has 0 N–H and O–H groups in total. The van der Waals surface area contributed by atoms with Crippen molar-refractivity contribution in [3.8, 4) is 0 Å². The molecule has 126 valence electrons. The van der Waals surface area contributed by atoms with Crippen LogP contribution in [-0.2, 0) is 16.1 Å². The maximum absolute atomic E-state index is 12.9. The molecule has 2 atom stereocenters. The lowest BCUT2D eigenvalue weighted by atomic mass is 10.1. The number of aromatic nitrogens is 1. The number of halogens is 5. The molecule has 2 rings (SSSR count). The van der Waals surface area contributed by atoms with Crippen LogP contribution in [0.4, 0.5) is 17.6 Å². The Morgan fingerprint density at radius 2 is 2.09 bits per heavy atom. The van der Waals surface area contributed by atoms with Gasteiger partial charge in [0, 0.05) is 0 Å². The molecule has 0 spiro atoms. The Hall–Kier alpha value is -1.63. The van der Waals surface area contributed by atoms with Gasteiger partial charge in [0.05, 0.1) is 11.6 Å². The Bertz CT molecular complexity index is 643.